The summed E-state index contributed by atoms with van der Waals surface area (Å²) in [6.45, 7) is 0.992. The number of nitrogens with zero attached hydrogens (tertiary/aromatic N) is 3. The molecule has 1 aliphatic heterocycles. The zero-order chi connectivity index (χ0) is 17.4. The molecule has 4 nitrogen and oxygen atoms in total. The number of hydrogen-bond acceptors (Lipinski definition) is 4. The van der Waals surface area contributed by atoms with E-state index in [0.29, 0.717) is 27.9 Å². The number of anilines is 1. The third-order valence-electron chi connectivity index (χ3n) is 3.94. The minimum Gasteiger partial charge on any atom is -0.334 e. The van der Waals surface area contributed by atoms with Crippen LogP contribution in [0, 0.1) is 0 Å². The van der Waals surface area contributed by atoms with E-state index in [4.69, 9.17) is 23.2 Å². The number of thiazole rings is 1. The second-order valence-corrected chi connectivity index (χ2v) is 7.52. The monoisotopic (exact) mass is 389 g/mol. The van der Waals surface area contributed by atoms with Crippen LogP contribution in [0.1, 0.15) is 5.56 Å². The van der Waals surface area contributed by atoms with Crippen molar-refractivity contribution in [2.45, 2.75) is 6.67 Å². The van der Waals surface area contributed by atoms with Crippen LogP contribution in [0.5, 0.6) is 0 Å². The molecule has 7 heteroatoms. The normalized spacial score (nSPS) is 14.3. The van der Waals surface area contributed by atoms with Crippen LogP contribution in [0.3, 0.4) is 0 Å². The average molecular weight is 390 g/mol. The highest BCUT2D eigenvalue weighted by Crippen LogP contribution is 2.19. The van der Waals surface area contributed by atoms with Gasteiger partial charge in [0.05, 0.1) is 4.53 Å². The molecule has 0 aliphatic carbocycles. The van der Waals surface area contributed by atoms with E-state index in [1.807, 2.05) is 59.5 Å². The Morgan fingerprint density at radius 2 is 1.64 bits per heavy atom. The first-order valence-corrected chi connectivity index (χ1v) is 9.19. The van der Waals surface area contributed by atoms with E-state index in [1.54, 1.807) is 4.57 Å². The Kier molecular flexibility index (Phi) is 4.37. The predicted octanol–water partition coefficient (Wildman–Crippen LogP) is 3.10. The van der Waals surface area contributed by atoms with Gasteiger partial charge in [-0.25, -0.2) is 4.99 Å². The minimum absolute atomic E-state index is 0.0302. The highest BCUT2D eigenvalue weighted by molar-refractivity contribution is 7.07. The van der Waals surface area contributed by atoms with Crippen molar-refractivity contribution in [1.82, 2.24) is 4.57 Å². The molecule has 0 amide bonds. The van der Waals surface area contributed by atoms with Crippen molar-refractivity contribution in [2.75, 3.05) is 11.6 Å². The largest absolute Gasteiger partial charge is 0.334 e. The predicted molar refractivity (Wildman–Crippen MR) is 103 cm³/mol. The molecule has 0 spiro atoms. The van der Waals surface area contributed by atoms with E-state index in [2.05, 4.69) is 4.99 Å². The van der Waals surface area contributed by atoms with Gasteiger partial charge in [-0.3, -0.25) is 9.36 Å². The van der Waals surface area contributed by atoms with E-state index in [0.717, 1.165) is 16.1 Å². The zero-order valence-electron chi connectivity index (χ0n) is 13.0. The summed E-state index contributed by atoms with van der Waals surface area (Å²) in [7, 11) is 0. The van der Waals surface area contributed by atoms with Crippen molar-refractivity contribution >= 4 is 46.3 Å². The van der Waals surface area contributed by atoms with Gasteiger partial charge < -0.3 is 4.90 Å². The Labute approximate surface area is 157 Å². The molecule has 0 radical (unpaired) electrons. The minimum atomic E-state index is -0.0302. The van der Waals surface area contributed by atoms with Crippen molar-refractivity contribution in [2.24, 2.45) is 4.99 Å². The van der Waals surface area contributed by atoms with E-state index < -0.39 is 0 Å². The lowest BCUT2D eigenvalue weighted by Crippen LogP contribution is -2.42. The van der Waals surface area contributed by atoms with Gasteiger partial charge in [-0.2, -0.15) is 0 Å². The van der Waals surface area contributed by atoms with Gasteiger partial charge in [-0.1, -0.05) is 46.7 Å². The highest BCUT2D eigenvalue weighted by atomic mass is 35.5. The van der Waals surface area contributed by atoms with Crippen LogP contribution in [0.25, 0.3) is 6.08 Å². The molecule has 3 aromatic rings. The van der Waals surface area contributed by atoms with Gasteiger partial charge in [0.2, 0.25) is 0 Å². The summed E-state index contributed by atoms with van der Waals surface area (Å²) in [4.78, 5) is 20.0. The first-order valence-electron chi connectivity index (χ1n) is 7.62. The van der Waals surface area contributed by atoms with Gasteiger partial charge >= 0.3 is 0 Å². The van der Waals surface area contributed by atoms with Gasteiger partial charge in [0.1, 0.15) is 13.3 Å². The highest BCUT2D eigenvalue weighted by Gasteiger charge is 2.15. The maximum atomic E-state index is 12.7. The SMILES string of the molecule is O=c1/c(=C\c2ccc(Cl)cc2)sc2n1CN(c1ccc(Cl)cc1)CN=2. The molecule has 0 N–H and O–H groups in total. The Morgan fingerprint density at radius 3 is 2.32 bits per heavy atom. The summed E-state index contributed by atoms with van der Waals surface area (Å²) in [5.41, 5.74) is 1.90. The van der Waals surface area contributed by atoms with E-state index in [-0.39, 0.29) is 5.56 Å². The molecule has 0 saturated carbocycles. The second-order valence-electron chi connectivity index (χ2n) is 5.64. The lowest BCUT2D eigenvalue weighted by atomic mass is 10.2. The molecule has 1 aliphatic rings. The molecule has 2 aromatic carbocycles. The summed E-state index contributed by atoms with van der Waals surface area (Å²) in [5, 5.41) is 1.36. The first-order chi connectivity index (χ1) is 12.1. The molecule has 0 bridgehead atoms. The summed E-state index contributed by atoms with van der Waals surface area (Å²) < 4.78 is 2.36. The maximum Gasteiger partial charge on any atom is 0.271 e. The van der Waals surface area contributed by atoms with Gasteiger partial charge in [0.25, 0.3) is 5.56 Å². The van der Waals surface area contributed by atoms with Crippen molar-refractivity contribution < 1.29 is 0 Å². The van der Waals surface area contributed by atoms with Crippen LogP contribution >= 0.6 is 34.5 Å². The van der Waals surface area contributed by atoms with Crippen molar-refractivity contribution in [3.05, 3.63) is 83.8 Å². The lowest BCUT2D eigenvalue weighted by Gasteiger charge is -2.25. The van der Waals surface area contributed by atoms with Crippen molar-refractivity contribution in [1.29, 1.82) is 0 Å². The number of halogens is 2. The fourth-order valence-electron chi connectivity index (χ4n) is 2.64. The molecular formula is C18H13Cl2N3OS. The van der Waals surface area contributed by atoms with Gasteiger partial charge in [0, 0.05) is 15.7 Å². The van der Waals surface area contributed by atoms with Crippen molar-refractivity contribution in [3.63, 3.8) is 0 Å². The standard InChI is InChI=1S/C18H13Cl2N3OS/c19-13-3-1-12(2-4-13)9-16-17(24)23-11-22(10-21-18(23)25-16)15-7-5-14(20)6-8-15/h1-9H,10-11H2/b16-9+. The number of rotatable bonds is 2. The van der Waals surface area contributed by atoms with Crippen LogP contribution in [-0.2, 0) is 6.67 Å². The summed E-state index contributed by atoms with van der Waals surface area (Å²) in [6.07, 6.45) is 1.87. The number of aromatic nitrogens is 1. The molecule has 0 fully saturated rings. The maximum absolute atomic E-state index is 12.7. The molecule has 126 valence electrons. The van der Waals surface area contributed by atoms with Crippen LogP contribution in [0.2, 0.25) is 10.0 Å². The fourth-order valence-corrected chi connectivity index (χ4v) is 3.85. The molecule has 4 rings (SSSR count). The Morgan fingerprint density at radius 1 is 1.00 bits per heavy atom. The van der Waals surface area contributed by atoms with Gasteiger partial charge in [-0.05, 0) is 48.0 Å². The second kappa shape index (κ2) is 6.67. The lowest BCUT2D eigenvalue weighted by molar-refractivity contribution is 0.569. The quantitative estimate of drug-likeness (QED) is 0.675. The Bertz CT molecular complexity index is 1090. The molecule has 25 heavy (non-hydrogen) atoms. The third kappa shape index (κ3) is 3.35. The van der Waals surface area contributed by atoms with E-state index in [1.165, 1.54) is 11.3 Å². The molecular weight excluding hydrogens is 377 g/mol. The van der Waals surface area contributed by atoms with Crippen LogP contribution < -0.4 is 19.8 Å². The van der Waals surface area contributed by atoms with Crippen LogP contribution in [0.15, 0.2) is 58.3 Å². The molecule has 2 heterocycles. The number of hydrogen-bond donors (Lipinski definition) is 0. The van der Waals surface area contributed by atoms with Crippen molar-refractivity contribution in [3.8, 4) is 0 Å². The summed E-state index contributed by atoms with van der Waals surface area (Å²) in [5.74, 6) is 0. The Hall–Kier alpha value is -2.08. The zero-order valence-corrected chi connectivity index (χ0v) is 15.4. The smallest absolute Gasteiger partial charge is 0.271 e. The van der Waals surface area contributed by atoms with Gasteiger partial charge in [-0.15, -0.1) is 0 Å². The molecule has 0 saturated heterocycles. The van der Waals surface area contributed by atoms with Gasteiger partial charge in [0.15, 0.2) is 4.80 Å². The molecule has 0 unspecified atom stereocenters. The topological polar surface area (TPSA) is 37.6 Å². The van der Waals surface area contributed by atoms with E-state index >= 15 is 0 Å². The molecule has 0 atom stereocenters. The Balaban J connectivity index is 1.70. The number of benzene rings is 2. The fraction of sp³-hybridized carbons (Fsp3) is 0.111. The summed E-state index contributed by atoms with van der Waals surface area (Å²) >= 11 is 13.3. The van der Waals surface area contributed by atoms with Crippen LogP contribution in [0.4, 0.5) is 5.69 Å². The van der Waals surface area contributed by atoms with E-state index in [9.17, 15) is 4.79 Å². The first kappa shape index (κ1) is 16.4. The third-order valence-corrected chi connectivity index (χ3v) is 5.48. The molecule has 1 aromatic heterocycles. The number of fused-ring (bicyclic) bond motifs is 1. The average Bonchev–Trinajstić information content (AvgIpc) is 2.93. The summed E-state index contributed by atoms with van der Waals surface area (Å²) in [6, 6.07) is 14.9. The van der Waals surface area contributed by atoms with Crippen LogP contribution in [-0.4, -0.2) is 11.2 Å².